The smallest absolute Gasteiger partial charge is 0.0878 e. The van der Waals surface area contributed by atoms with Gasteiger partial charge in [0.2, 0.25) is 0 Å². The number of hydrogen-bond acceptors (Lipinski definition) is 2. The van der Waals surface area contributed by atoms with Gasteiger partial charge in [0, 0.05) is 30.6 Å². The van der Waals surface area contributed by atoms with Gasteiger partial charge in [-0.05, 0) is 25.0 Å². The summed E-state index contributed by atoms with van der Waals surface area (Å²) in [6, 6.07) is 6.76. The normalized spacial score (nSPS) is 27.9. The minimum atomic E-state index is -0.0160. The quantitative estimate of drug-likeness (QED) is 0.678. The van der Waals surface area contributed by atoms with E-state index < -0.39 is 0 Å². The Morgan fingerprint density at radius 3 is 2.72 bits per heavy atom. The van der Waals surface area contributed by atoms with Crippen LogP contribution >= 0.6 is 0 Å². The van der Waals surface area contributed by atoms with Crippen LogP contribution in [0.1, 0.15) is 31.4 Å². The summed E-state index contributed by atoms with van der Waals surface area (Å²) in [6.07, 6.45) is 7.23. The first-order valence-corrected chi connectivity index (χ1v) is 6.53. The van der Waals surface area contributed by atoms with Crippen molar-refractivity contribution in [3.05, 3.63) is 41.6 Å². The molecule has 1 spiro atoms. The van der Waals surface area contributed by atoms with Crippen LogP contribution in [0, 0.1) is 6.92 Å². The minimum absolute atomic E-state index is 0.0160. The van der Waals surface area contributed by atoms with E-state index in [9.17, 15) is 0 Å². The first kappa shape index (κ1) is 11.5. The van der Waals surface area contributed by atoms with Crippen LogP contribution in [0.3, 0.4) is 0 Å². The summed E-state index contributed by atoms with van der Waals surface area (Å²) in [5.74, 6) is 0. The average Bonchev–Trinajstić information content (AvgIpc) is 2.51. The molecule has 2 heterocycles. The predicted molar refractivity (Wildman–Crippen MR) is 77.6 cm³/mol. The second-order valence-electron chi connectivity index (χ2n) is 6.00. The molecule has 94 valence electrons. The summed E-state index contributed by atoms with van der Waals surface area (Å²) in [6.45, 7) is 6.83. The molecule has 0 aliphatic carbocycles. The highest BCUT2D eigenvalue weighted by Gasteiger charge is 2.54. The van der Waals surface area contributed by atoms with Gasteiger partial charge in [0.15, 0.2) is 0 Å². The Kier molecular flexibility index (Phi) is 2.22. The number of aryl methyl sites for hydroxylation is 1. The SMILES string of the molecule is Cc1ccc2c(c1)C(C)(C)C1(C=NC=CC1)N2C. The van der Waals surface area contributed by atoms with Gasteiger partial charge >= 0.3 is 0 Å². The van der Waals surface area contributed by atoms with Crippen molar-refractivity contribution in [1.82, 2.24) is 0 Å². The Labute approximate surface area is 109 Å². The third-order valence-corrected chi connectivity index (χ3v) is 4.78. The number of aliphatic imine (C=N–C) groups is 1. The second kappa shape index (κ2) is 3.47. The lowest BCUT2D eigenvalue weighted by molar-refractivity contribution is 0.365. The van der Waals surface area contributed by atoms with E-state index >= 15 is 0 Å². The van der Waals surface area contributed by atoms with Gasteiger partial charge < -0.3 is 4.90 Å². The van der Waals surface area contributed by atoms with Crippen LogP contribution in [0.15, 0.2) is 35.5 Å². The summed E-state index contributed by atoms with van der Waals surface area (Å²) >= 11 is 0. The summed E-state index contributed by atoms with van der Waals surface area (Å²) in [5.41, 5.74) is 4.17. The summed E-state index contributed by atoms with van der Waals surface area (Å²) in [4.78, 5) is 6.81. The first-order chi connectivity index (χ1) is 8.49. The van der Waals surface area contributed by atoms with Crippen molar-refractivity contribution in [2.75, 3.05) is 11.9 Å². The van der Waals surface area contributed by atoms with E-state index in [1.54, 1.807) is 0 Å². The standard InChI is InChI=1S/C16H20N2/c1-12-6-7-14-13(10-12)15(2,3)16(18(14)4)8-5-9-17-11-16/h5-7,9-11H,8H2,1-4H3. The molecule has 2 aliphatic rings. The molecule has 1 unspecified atom stereocenters. The second-order valence-corrected chi connectivity index (χ2v) is 6.00. The maximum atomic E-state index is 4.42. The van der Waals surface area contributed by atoms with Gasteiger partial charge in [-0.25, -0.2) is 0 Å². The van der Waals surface area contributed by atoms with Crippen molar-refractivity contribution >= 4 is 11.9 Å². The molecule has 2 aliphatic heterocycles. The van der Waals surface area contributed by atoms with Crippen LogP contribution in [0.5, 0.6) is 0 Å². The molecule has 0 saturated carbocycles. The van der Waals surface area contributed by atoms with Crippen molar-refractivity contribution in [2.24, 2.45) is 4.99 Å². The molecule has 18 heavy (non-hydrogen) atoms. The van der Waals surface area contributed by atoms with Crippen molar-refractivity contribution in [3.63, 3.8) is 0 Å². The van der Waals surface area contributed by atoms with Crippen molar-refractivity contribution in [1.29, 1.82) is 0 Å². The van der Waals surface area contributed by atoms with Gasteiger partial charge in [0.05, 0.1) is 5.54 Å². The first-order valence-electron chi connectivity index (χ1n) is 6.53. The Balaban J connectivity index is 2.23. The monoisotopic (exact) mass is 240 g/mol. The zero-order valence-corrected chi connectivity index (χ0v) is 11.6. The van der Waals surface area contributed by atoms with E-state index in [1.165, 1.54) is 16.8 Å². The highest BCUT2D eigenvalue weighted by atomic mass is 15.2. The largest absolute Gasteiger partial charge is 0.362 e. The van der Waals surface area contributed by atoms with E-state index in [1.807, 2.05) is 6.20 Å². The van der Waals surface area contributed by atoms with Crippen LogP contribution in [-0.4, -0.2) is 18.8 Å². The number of fused-ring (bicyclic) bond motifs is 1. The predicted octanol–water partition coefficient (Wildman–Crippen LogP) is 3.45. The highest BCUT2D eigenvalue weighted by Crippen LogP contribution is 2.52. The van der Waals surface area contributed by atoms with Gasteiger partial charge in [-0.15, -0.1) is 0 Å². The Morgan fingerprint density at radius 1 is 1.28 bits per heavy atom. The molecule has 1 aromatic rings. The number of nitrogens with zero attached hydrogens (tertiary/aromatic N) is 2. The van der Waals surface area contributed by atoms with Gasteiger partial charge in [0.25, 0.3) is 0 Å². The molecule has 0 radical (unpaired) electrons. The zero-order valence-electron chi connectivity index (χ0n) is 11.6. The van der Waals surface area contributed by atoms with E-state index in [-0.39, 0.29) is 11.0 Å². The van der Waals surface area contributed by atoms with Gasteiger partial charge in [-0.3, -0.25) is 4.99 Å². The number of benzene rings is 1. The molecule has 0 aromatic heterocycles. The van der Waals surface area contributed by atoms with E-state index in [2.05, 4.69) is 68.2 Å². The summed E-state index contributed by atoms with van der Waals surface area (Å²) in [7, 11) is 2.19. The van der Waals surface area contributed by atoms with Crippen LogP contribution < -0.4 is 4.90 Å². The number of hydrogen-bond donors (Lipinski definition) is 0. The van der Waals surface area contributed by atoms with Crippen LogP contribution in [0.4, 0.5) is 5.69 Å². The lowest BCUT2D eigenvalue weighted by Crippen LogP contribution is -2.56. The van der Waals surface area contributed by atoms with E-state index in [4.69, 9.17) is 0 Å². The lowest BCUT2D eigenvalue weighted by atomic mass is 9.68. The van der Waals surface area contributed by atoms with Crippen molar-refractivity contribution in [3.8, 4) is 0 Å². The van der Waals surface area contributed by atoms with E-state index in [0.717, 1.165) is 6.42 Å². The van der Waals surface area contributed by atoms with Crippen LogP contribution in [0.2, 0.25) is 0 Å². The molecule has 0 fully saturated rings. The molecule has 0 bridgehead atoms. The Bertz CT molecular complexity index is 554. The molecular formula is C16H20N2. The molecule has 1 aromatic carbocycles. The molecule has 0 amide bonds. The van der Waals surface area contributed by atoms with Gasteiger partial charge in [0.1, 0.15) is 0 Å². The number of likely N-dealkylation sites (N-methyl/N-ethyl adjacent to an activating group) is 1. The Morgan fingerprint density at radius 2 is 2.06 bits per heavy atom. The third kappa shape index (κ3) is 1.21. The fourth-order valence-electron chi connectivity index (χ4n) is 3.46. The van der Waals surface area contributed by atoms with Crippen molar-refractivity contribution in [2.45, 2.75) is 38.1 Å². The third-order valence-electron chi connectivity index (χ3n) is 4.78. The maximum absolute atomic E-state index is 4.42. The lowest BCUT2D eigenvalue weighted by Gasteiger charge is -2.44. The molecule has 0 saturated heterocycles. The highest BCUT2D eigenvalue weighted by molar-refractivity contribution is 5.86. The number of rotatable bonds is 0. The number of anilines is 1. The molecule has 2 nitrogen and oxygen atoms in total. The van der Waals surface area contributed by atoms with Gasteiger partial charge in [-0.1, -0.05) is 37.6 Å². The maximum Gasteiger partial charge on any atom is 0.0878 e. The van der Waals surface area contributed by atoms with Crippen molar-refractivity contribution < 1.29 is 0 Å². The topological polar surface area (TPSA) is 15.6 Å². The molecule has 0 N–H and O–H groups in total. The summed E-state index contributed by atoms with van der Waals surface area (Å²) in [5, 5.41) is 0. The fraction of sp³-hybridized carbons (Fsp3) is 0.438. The van der Waals surface area contributed by atoms with E-state index in [0.29, 0.717) is 0 Å². The zero-order chi connectivity index (χ0) is 13.0. The minimum Gasteiger partial charge on any atom is -0.362 e. The molecule has 2 heteroatoms. The molecule has 1 atom stereocenters. The average molecular weight is 240 g/mol. The fourth-order valence-corrected chi connectivity index (χ4v) is 3.46. The summed E-state index contributed by atoms with van der Waals surface area (Å²) < 4.78 is 0. The Hall–Kier alpha value is -1.57. The molecular weight excluding hydrogens is 220 g/mol. The van der Waals surface area contributed by atoms with Gasteiger partial charge in [-0.2, -0.15) is 0 Å². The molecule has 3 rings (SSSR count). The van der Waals surface area contributed by atoms with Crippen LogP contribution in [-0.2, 0) is 5.41 Å². The van der Waals surface area contributed by atoms with Crippen LogP contribution in [0.25, 0.3) is 0 Å².